The minimum atomic E-state index is -0.492. The summed E-state index contributed by atoms with van der Waals surface area (Å²) in [5.74, 6) is 5.20. The Morgan fingerprint density at radius 2 is 2.36 bits per heavy atom. The molecule has 0 unspecified atom stereocenters. The van der Waals surface area contributed by atoms with E-state index in [0.717, 1.165) is 4.68 Å². The normalized spacial score (nSPS) is 10.4. The summed E-state index contributed by atoms with van der Waals surface area (Å²) in [7, 11) is 0. The Balaban J connectivity index is 2.66. The second-order valence-electron chi connectivity index (χ2n) is 2.56. The first-order valence-electron chi connectivity index (χ1n) is 3.73. The largest absolute Gasteiger partial charge is 0.335 e. The number of hydrogen-bond donors (Lipinski definition) is 2. The number of H-pyrrole nitrogens is 1. The number of hydrogen-bond acceptors (Lipinski definition) is 4. The number of nitrogen functional groups attached to an aromatic ring is 1. The van der Waals surface area contributed by atoms with Crippen LogP contribution < -0.4 is 5.84 Å². The molecule has 3 N–H and O–H groups in total. The molecule has 0 spiro atoms. The number of nitrogens with two attached hydrogens (primary N) is 1. The lowest BCUT2D eigenvalue weighted by Crippen LogP contribution is -2.11. The van der Waals surface area contributed by atoms with Gasteiger partial charge in [-0.1, -0.05) is 0 Å². The van der Waals surface area contributed by atoms with E-state index in [9.17, 15) is 4.39 Å². The molecule has 2 heterocycles. The molecular formula is C7H6FN5S. The molecule has 7 heteroatoms. The van der Waals surface area contributed by atoms with Gasteiger partial charge in [0.25, 0.3) is 0 Å². The summed E-state index contributed by atoms with van der Waals surface area (Å²) in [4.78, 5) is 3.82. The summed E-state index contributed by atoms with van der Waals surface area (Å²) >= 11 is 4.79. The molecule has 2 aromatic heterocycles. The fraction of sp³-hybridized carbons (Fsp3) is 0. The average Bonchev–Trinajstić information content (AvgIpc) is 2.49. The van der Waals surface area contributed by atoms with E-state index in [1.165, 1.54) is 18.3 Å². The van der Waals surface area contributed by atoms with Crippen molar-refractivity contribution in [2.45, 2.75) is 0 Å². The molecule has 2 aromatic rings. The highest BCUT2D eigenvalue weighted by Gasteiger charge is 2.11. The maximum atomic E-state index is 13.2. The second kappa shape index (κ2) is 3.18. The molecule has 0 fully saturated rings. The number of pyridine rings is 1. The van der Waals surface area contributed by atoms with Gasteiger partial charge < -0.3 is 5.84 Å². The maximum absolute atomic E-state index is 13.2. The molecule has 0 aliphatic heterocycles. The van der Waals surface area contributed by atoms with E-state index < -0.39 is 5.82 Å². The highest BCUT2D eigenvalue weighted by Crippen LogP contribution is 2.15. The number of halogens is 1. The molecule has 2 rings (SSSR count). The Hall–Kier alpha value is -1.76. The molecule has 0 bridgehead atoms. The van der Waals surface area contributed by atoms with Gasteiger partial charge in [0.1, 0.15) is 5.69 Å². The van der Waals surface area contributed by atoms with Crippen molar-refractivity contribution >= 4 is 12.2 Å². The van der Waals surface area contributed by atoms with Crippen molar-refractivity contribution < 1.29 is 4.39 Å². The van der Waals surface area contributed by atoms with Gasteiger partial charge in [-0.2, -0.15) is 5.10 Å². The second-order valence-corrected chi connectivity index (χ2v) is 2.94. The molecule has 14 heavy (non-hydrogen) atoms. The minimum absolute atomic E-state index is 0.0716. The Kier molecular flexibility index (Phi) is 2.01. The van der Waals surface area contributed by atoms with E-state index in [1.807, 2.05) is 0 Å². The van der Waals surface area contributed by atoms with E-state index in [0.29, 0.717) is 0 Å². The van der Waals surface area contributed by atoms with Crippen LogP contribution in [0.2, 0.25) is 0 Å². The number of aromatic nitrogens is 4. The van der Waals surface area contributed by atoms with Gasteiger partial charge in [0.15, 0.2) is 5.82 Å². The van der Waals surface area contributed by atoms with Gasteiger partial charge in [0.2, 0.25) is 10.6 Å². The molecule has 0 saturated carbocycles. The van der Waals surface area contributed by atoms with Crippen LogP contribution >= 0.6 is 12.2 Å². The standard InChI is InChI=1S/C7H6FN5S/c8-4-2-1-3-10-5(4)6-11-12-7(14)13(6)9/h1-3H,9H2,(H,12,14). The SMILES string of the molecule is Nn1c(-c2ncccc2F)n[nH]c1=S. The summed E-state index contributed by atoms with van der Waals surface area (Å²) in [6, 6.07) is 2.76. The average molecular weight is 211 g/mol. The third-order valence-corrected chi connectivity index (χ3v) is 1.96. The van der Waals surface area contributed by atoms with E-state index in [2.05, 4.69) is 15.2 Å². The monoisotopic (exact) mass is 211 g/mol. The fourth-order valence-electron chi connectivity index (χ4n) is 1.02. The van der Waals surface area contributed by atoms with Crippen LogP contribution in [0.25, 0.3) is 11.5 Å². The number of aromatic amines is 1. The predicted octanol–water partition coefficient (Wildman–Crippen LogP) is 0.856. The van der Waals surface area contributed by atoms with Gasteiger partial charge in [-0.05, 0) is 24.4 Å². The summed E-state index contributed by atoms with van der Waals surface area (Å²) in [5.41, 5.74) is 0.0716. The third kappa shape index (κ3) is 1.27. The first-order chi connectivity index (χ1) is 6.70. The highest BCUT2D eigenvalue weighted by molar-refractivity contribution is 7.71. The van der Waals surface area contributed by atoms with Gasteiger partial charge in [0.05, 0.1) is 0 Å². The first-order valence-corrected chi connectivity index (χ1v) is 4.14. The van der Waals surface area contributed by atoms with E-state index in [1.54, 1.807) is 0 Å². The summed E-state index contributed by atoms with van der Waals surface area (Å²) < 4.78 is 14.5. The van der Waals surface area contributed by atoms with Crippen molar-refractivity contribution in [3.8, 4) is 11.5 Å². The summed E-state index contributed by atoms with van der Waals surface area (Å²) in [5, 5.41) is 6.21. The molecular weight excluding hydrogens is 205 g/mol. The first kappa shape index (κ1) is 8.82. The predicted molar refractivity (Wildman–Crippen MR) is 50.8 cm³/mol. The van der Waals surface area contributed by atoms with Crippen molar-refractivity contribution in [1.29, 1.82) is 0 Å². The van der Waals surface area contributed by atoms with Gasteiger partial charge in [-0.25, -0.2) is 19.1 Å². The summed E-state index contributed by atoms with van der Waals surface area (Å²) in [6.07, 6.45) is 1.45. The minimum Gasteiger partial charge on any atom is -0.335 e. The fourth-order valence-corrected chi connectivity index (χ4v) is 1.15. The van der Waals surface area contributed by atoms with Crippen LogP contribution in [0, 0.1) is 10.6 Å². The van der Waals surface area contributed by atoms with Crippen LogP contribution in [0.15, 0.2) is 18.3 Å². The molecule has 0 aliphatic carbocycles. The van der Waals surface area contributed by atoms with Crippen LogP contribution in [0.5, 0.6) is 0 Å². The van der Waals surface area contributed by atoms with Crippen LogP contribution in [0.1, 0.15) is 0 Å². The van der Waals surface area contributed by atoms with Gasteiger partial charge in [-0.15, -0.1) is 0 Å². The van der Waals surface area contributed by atoms with Crippen LogP contribution in [-0.2, 0) is 0 Å². The lowest BCUT2D eigenvalue weighted by molar-refractivity contribution is 0.623. The Morgan fingerprint density at radius 1 is 1.57 bits per heavy atom. The van der Waals surface area contributed by atoms with E-state index in [-0.39, 0.29) is 16.3 Å². The summed E-state index contributed by atoms with van der Waals surface area (Å²) in [6.45, 7) is 0. The maximum Gasteiger partial charge on any atom is 0.214 e. The van der Waals surface area contributed by atoms with Crippen molar-refractivity contribution in [2.24, 2.45) is 0 Å². The zero-order valence-electron chi connectivity index (χ0n) is 6.94. The van der Waals surface area contributed by atoms with Gasteiger partial charge in [-0.3, -0.25) is 0 Å². The molecule has 5 nitrogen and oxygen atoms in total. The van der Waals surface area contributed by atoms with Gasteiger partial charge >= 0.3 is 0 Å². The third-order valence-electron chi connectivity index (χ3n) is 1.67. The van der Waals surface area contributed by atoms with Crippen molar-refractivity contribution in [1.82, 2.24) is 19.9 Å². The Bertz CT molecular complexity index is 517. The molecule has 0 amide bonds. The van der Waals surface area contributed by atoms with E-state index in [4.69, 9.17) is 18.1 Å². The molecule has 0 aromatic carbocycles. The van der Waals surface area contributed by atoms with Crippen molar-refractivity contribution in [2.75, 3.05) is 5.84 Å². The zero-order valence-corrected chi connectivity index (χ0v) is 7.75. The number of nitrogens with one attached hydrogen (secondary N) is 1. The Morgan fingerprint density at radius 3 is 2.93 bits per heavy atom. The molecule has 0 saturated heterocycles. The molecule has 0 atom stereocenters. The lowest BCUT2D eigenvalue weighted by atomic mass is 10.3. The van der Waals surface area contributed by atoms with Gasteiger partial charge in [0, 0.05) is 6.20 Å². The van der Waals surface area contributed by atoms with Crippen molar-refractivity contribution in [3.05, 3.63) is 28.9 Å². The molecule has 0 aliphatic rings. The zero-order chi connectivity index (χ0) is 10.1. The molecule has 72 valence electrons. The molecule has 0 radical (unpaired) electrons. The number of rotatable bonds is 1. The quantitative estimate of drug-likeness (QED) is 0.542. The topological polar surface area (TPSA) is 72.5 Å². The number of nitrogens with zero attached hydrogens (tertiary/aromatic N) is 3. The highest BCUT2D eigenvalue weighted by atomic mass is 32.1. The smallest absolute Gasteiger partial charge is 0.214 e. The van der Waals surface area contributed by atoms with Crippen molar-refractivity contribution in [3.63, 3.8) is 0 Å². The van der Waals surface area contributed by atoms with Crippen LogP contribution in [0.4, 0.5) is 4.39 Å². The Labute approximate surface area is 83.4 Å². The lowest BCUT2D eigenvalue weighted by Gasteiger charge is -1.99. The van der Waals surface area contributed by atoms with E-state index >= 15 is 0 Å². The van der Waals surface area contributed by atoms with Crippen LogP contribution in [-0.4, -0.2) is 19.9 Å². The van der Waals surface area contributed by atoms with Crippen LogP contribution in [0.3, 0.4) is 0 Å².